The first-order valence-electron chi connectivity index (χ1n) is 10.6. The highest BCUT2D eigenvalue weighted by Crippen LogP contribution is 2.35. The van der Waals surface area contributed by atoms with Crippen LogP contribution < -0.4 is 16.0 Å². The van der Waals surface area contributed by atoms with Gasteiger partial charge in [0.15, 0.2) is 0 Å². The van der Waals surface area contributed by atoms with E-state index in [4.69, 9.17) is 0 Å². The molecule has 2 aromatic carbocycles. The van der Waals surface area contributed by atoms with E-state index in [0.717, 1.165) is 16.2 Å². The van der Waals surface area contributed by atoms with Crippen LogP contribution in [0.4, 0.5) is 16.4 Å². The Balaban J connectivity index is 1.76. The van der Waals surface area contributed by atoms with Crippen molar-refractivity contribution in [2.24, 2.45) is 0 Å². The summed E-state index contributed by atoms with van der Waals surface area (Å²) < 4.78 is 0. The van der Waals surface area contributed by atoms with Gasteiger partial charge in [0, 0.05) is 23.2 Å². The van der Waals surface area contributed by atoms with E-state index in [0.29, 0.717) is 33.2 Å². The van der Waals surface area contributed by atoms with Crippen LogP contribution in [0.2, 0.25) is 0 Å². The van der Waals surface area contributed by atoms with Gasteiger partial charge in [0.25, 0.3) is 5.91 Å². The summed E-state index contributed by atoms with van der Waals surface area (Å²) in [5.41, 5.74) is 2.11. The lowest BCUT2D eigenvalue weighted by Gasteiger charge is -2.15. The lowest BCUT2D eigenvalue weighted by atomic mass is 10.1. The van der Waals surface area contributed by atoms with Crippen LogP contribution in [-0.4, -0.2) is 23.0 Å². The van der Waals surface area contributed by atoms with Crippen LogP contribution in [0.25, 0.3) is 0 Å². The number of anilines is 3. The second-order valence-electron chi connectivity index (χ2n) is 7.41. The van der Waals surface area contributed by atoms with Crippen molar-refractivity contribution < 1.29 is 14.4 Å². The summed E-state index contributed by atoms with van der Waals surface area (Å²) >= 11 is 2.46. The highest BCUT2D eigenvalue weighted by atomic mass is 32.2. The molecule has 174 valence electrons. The van der Waals surface area contributed by atoms with Crippen molar-refractivity contribution in [1.82, 2.24) is 0 Å². The van der Waals surface area contributed by atoms with E-state index < -0.39 is 5.25 Å². The molecule has 7 nitrogen and oxygen atoms in total. The summed E-state index contributed by atoms with van der Waals surface area (Å²) in [6.45, 7) is 5.04. The minimum absolute atomic E-state index is 0.170. The maximum absolute atomic E-state index is 13.1. The zero-order chi connectivity index (χ0) is 24.7. The van der Waals surface area contributed by atoms with E-state index in [9.17, 15) is 19.6 Å². The third-order valence-corrected chi connectivity index (χ3v) is 7.39. The number of amides is 3. The van der Waals surface area contributed by atoms with Crippen molar-refractivity contribution in [1.29, 1.82) is 5.26 Å². The quantitative estimate of drug-likeness (QED) is 0.352. The number of para-hydroxylation sites is 1. The summed E-state index contributed by atoms with van der Waals surface area (Å²) in [7, 11) is 0. The zero-order valence-electron chi connectivity index (χ0n) is 19.0. The first-order chi connectivity index (χ1) is 16.3. The second kappa shape index (κ2) is 11.5. The number of carbonyl (C=O) groups is 3. The maximum Gasteiger partial charge on any atom is 0.266 e. The monoisotopic (exact) mass is 492 g/mol. The molecule has 0 aliphatic heterocycles. The topological polar surface area (TPSA) is 111 Å². The minimum Gasteiger partial charge on any atom is -0.326 e. The summed E-state index contributed by atoms with van der Waals surface area (Å²) in [4.78, 5) is 38.4. The molecule has 0 saturated heterocycles. The van der Waals surface area contributed by atoms with Crippen molar-refractivity contribution >= 4 is 57.2 Å². The predicted molar refractivity (Wildman–Crippen MR) is 137 cm³/mol. The number of thiophene rings is 1. The number of thioether (sulfide) groups is 1. The van der Waals surface area contributed by atoms with Gasteiger partial charge in [-0.25, -0.2) is 0 Å². The molecule has 3 amide bonds. The highest BCUT2D eigenvalue weighted by molar-refractivity contribution is 8.00. The molecular weight excluding hydrogens is 468 g/mol. The van der Waals surface area contributed by atoms with Crippen LogP contribution >= 0.6 is 23.1 Å². The van der Waals surface area contributed by atoms with Gasteiger partial charge in [0.2, 0.25) is 11.8 Å². The van der Waals surface area contributed by atoms with Gasteiger partial charge < -0.3 is 16.0 Å². The Kier molecular flexibility index (Phi) is 8.46. The van der Waals surface area contributed by atoms with Crippen LogP contribution in [-0.2, 0) is 9.59 Å². The van der Waals surface area contributed by atoms with Crippen molar-refractivity contribution in [3.63, 3.8) is 0 Å². The third kappa shape index (κ3) is 6.25. The standard InChI is InChI=1S/C25H24N4O3S2/c1-4-21(33-19-12-8-11-18(13-19)27-16(3)30)23(31)29-25-20(14-26)15(2)22(34-25)24(32)28-17-9-6-5-7-10-17/h5-13,21H,4H2,1-3H3,(H,27,30)(H,28,32)(H,29,31). The van der Waals surface area contributed by atoms with Crippen molar-refractivity contribution in [3.8, 4) is 6.07 Å². The molecule has 0 spiro atoms. The molecule has 34 heavy (non-hydrogen) atoms. The Morgan fingerprint density at radius 1 is 1.03 bits per heavy atom. The van der Waals surface area contributed by atoms with Crippen LogP contribution in [0.3, 0.4) is 0 Å². The van der Waals surface area contributed by atoms with E-state index in [2.05, 4.69) is 22.0 Å². The second-order valence-corrected chi connectivity index (χ2v) is 9.70. The van der Waals surface area contributed by atoms with Crippen molar-refractivity contribution in [2.75, 3.05) is 16.0 Å². The number of nitrogens with one attached hydrogen (secondary N) is 3. The molecule has 1 heterocycles. The molecule has 0 saturated carbocycles. The van der Waals surface area contributed by atoms with Crippen molar-refractivity contribution in [2.45, 2.75) is 37.3 Å². The Labute approximate surface area is 206 Å². The molecule has 3 rings (SSSR count). The average Bonchev–Trinajstić information content (AvgIpc) is 3.12. The number of carbonyl (C=O) groups excluding carboxylic acids is 3. The van der Waals surface area contributed by atoms with E-state index in [1.54, 1.807) is 25.1 Å². The van der Waals surface area contributed by atoms with E-state index in [1.165, 1.54) is 18.7 Å². The summed E-state index contributed by atoms with van der Waals surface area (Å²) in [5, 5.41) is 18.0. The number of nitriles is 1. The maximum atomic E-state index is 13.1. The average molecular weight is 493 g/mol. The minimum atomic E-state index is -0.428. The molecule has 3 N–H and O–H groups in total. The normalized spacial score (nSPS) is 11.2. The first kappa shape index (κ1) is 25.0. The van der Waals surface area contributed by atoms with Gasteiger partial charge in [-0.2, -0.15) is 5.26 Å². The molecule has 0 fully saturated rings. The molecule has 0 bridgehead atoms. The smallest absolute Gasteiger partial charge is 0.266 e. The summed E-state index contributed by atoms with van der Waals surface area (Å²) in [6.07, 6.45) is 0.550. The van der Waals surface area contributed by atoms with Crippen LogP contribution in [0.1, 0.15) is 41.1 Å². The Hall–Kier alpha value is -3.61. The van der Waals surface area contributed by atoms with Crippen LogP contribution in [0.15, 0.2) is 59.5 Å². The lowest BCUT2D eigenvalue weighted by molar-refractivity contribution is -0.116. The van der Waals surface area contributed by atoms with Gasteiger partial charge in [-0.3, -0.25) is 14.4 Å². The number of rotatable bonds is 8. The van der Waals surface area contributed by atoms with Gasteiger partial charge in [-0.1, -0.05) is 31.2 Å². The van der Waals surface area contributed by atoms with E-state index >= 15 is 0 Å². The fourth-order valence-electron chi connectivity index (χ4n) is 3.19. The first-order valence-corrected chi connectivity index (χ1v) is 12.3. The van der Waals surface area contributed by atoms with Crippen molar-refractivity contribution in [3.05, 3.63) is 70.6 Å². The van der Waals surface area contributed by atoms with Gasteiger partial charge in [0.1, 0.15) is 11.1 Å². The SMILES string of the molecule is CCC(Sc1cccc(NC(C)=O)c1)C(=O)Nc1sc(C(=O)Nc2ccccc2)c(C)c1C#N. The zero-order valence-corrected chi connectivity index (χ0v) is 20.6. The molecule has 1 atom stereocenters. The number of hydrogen-bond donors (Lipinski definition) is 3. The number of benzene rings is 2. The van der Waals surface area contributed by atoms with E-state index in [1.807, 2.05) is 43.3 Å². The van der Waals surface area contributed by atoms with Gasteiger partial charge in [0.05, 0.1) is 15.7 Å². The predicted octanol–water partition coefficient (Wildman–Crippen LogP) is 5.65. The molecule has 1 unspecified atom stereocenters. The molecule has 0 aliphatic carbocycles. The third-order valence-electron chi connectivity index (χ3n) is 4.83. The summed E-state index contributed by atoms with van der Waals surface area (Å²) in [6, 6.07) is 18.4. The van der Waals surface area contributed by atoms with Crippen LogP contribution in [0, 0.1) is 18.3 Å². The molecule has 1 aromatic heterocycles. The molecule has 3 aromatic rings. The molecule has 0 aliphatic rings. The Morgan fingerprint density at radius 3 is 2.38 bits per heavy atom. The number of nitrogens with zero attached hydrogens (tertiary/aromatic N) is 1. The van der Waals surface area contributed by atoms with Gasteiger partial charge >= 0.3 is 0 Å². The lowest BCUT2D eigenvalue weighted by Crippen LogP contribution is -2.24. The number of hydrogen-bond acceptors (Lipinski definition) is 6. The fourth-order valence-corrected chi connectivity index (χ4v) is 5.26. The molecular formula is C25H24N4O3S2. The highest BCUT2D eigenvalue weighted by Gasteiger charge is 2.24. The molecule has 9 heteroatoms. The van der Waals surface area contributed by atoms with Gasteiger partial charge in [-0.15, -0.1) is 23.1 Å². The Morgan fingerprint density at radius 2 is 1.74 bits per heavy atom. The van der Waals surface area contributed by atoms with Crippen LogP contribution in [0.5, 0.6) is 0 Å². The summed E-state index contributed by atoms with van der Waals surface area (Å²) in [5.74, 6) is -0.761. The Bertz CT molecular complexity index is 1250. The molecule has 0 radical (unpaired) electrons. The largest absolute Gasteiger partial charge is 0.326 e. The van der Waals surface area contributed by atoms with E-state index in [-0.39, 0.29) is 23.3 Å². The van der Waals surface area contributed by atoms with Gasteiger partial charge in [-0.05, 0) is 49.2 Å². The fraction of sp³-hybridized carbons (Fsp3) is 0.200.